The van der Waals surface area contributed by atoms with Crippen molar-refractivity contribution in [2.75, 3.05) is 7.11 Å². The number of rotatable bonds is 4. The van der Waals surface area contributed by atoms with Gasteiger partial charge in [-0.25, -0.2) is 9.67 Å². The number of ether oxygens (including phenoxy) is 1. The number of para-hydroxylation sites is 1. The molecule has 2 heterocycles. The van der Waals surface area contributed by atoms with Crippen LogP contribution in [0.5, 0.6) is 0 Å². The number of nitrogens with zero attached hydrogens (tertiary/aromatic N) is 4. The van der Waals surface area contributed by atoms with E-state index in [2.05, 4.69) is 4.98 Å². The summed E-state index contributed by atoms with van der Waals surface area (Å²) in [5.74, 6) is 1.84. The standard InChI is InChI=1S/C20H23N5O.ClH/c1-26-18-11-10-14(13-16(18)21)20-23-19(17-9-5-6-12-22-17)24-25(20)15-7-3-2-4-8-15;/h2-9,12,14,16,18H,10-11,13,21H2,1H3;1H/t14-,16+,18+;/m0./s1. The van der Waals surface area contributed by atoms with Crippen molar-refractivity contribution in [3.8, 4) is 17.2 Å². The van der Waals surface area contributed by atoms with Crippen molar-refractivity contribution in [3.05, 3.63) is 60.6 Å². The second kappa shape index (κ2) is 8.61. The highest BCUT2D eigenvalue weighted by Gasteiger charge is 2.32. The summed E-state index contributed by atoms with van der Waals surface area (Å²) in [5.41, 5.74) is 8.10. The van der Waals surface area contributed by atoms with Crippen molar-refractivity contribution in [3.63, 3.8) is 0 Å². The molecule has 7 heteroatoms. The molecule has 6 nitrogen and oxygen atoms in total. The Hall–Kier alpha value is -2.28. The van der Waals surface area contributed by atoms with Crippen LogP contribution in [0.15, 0.2) is 54.7 Å². The molecule has 142 valence electrons. The van der Waals surface area contributed by atoms with Crippen LogP contribution in [0.4, 0.5) is 0 Å². The van der Waals surface area contributed by atoms with Gasteiger partial charge < -0.3 is 10.5 Å². The van der Waals surface area contributed by atoms with Crippen molar-refractivity contribution in [1.29, 1.82) is 0 Å². The highest BCUT2D eigenvalue weighted by atomic mass is 35.5. The lowest BCUT2D eigenvalue weighted by Crippen LogP contribution is -2.41. The molecule has 0 aliphatic heterocycles. The van der Waals surface area contributed by atoms with Gasteiger partial charge in [-0.1, -0.05) is 24.3 Å². The van der Waals surface area contributed by atoms with Crippen molar-refractivity contribution < 1.29 is 4.74 Å². The Kier molecular flexibility index (Phi) is 6.21. The average Bonchev–Trinajstić information content (AvgIpc) is 3.15. The van der Waals surface area contributed by atoms with Crippen molar-refractivity contribution in [2.24, 2.45) is 5.73 Å². The van der Waals surface area contributed by atoms with E-state index in [1.54, 1.807) is 13.3 Å². The number of pyridine rings is 1. The molecule has 0 unspecified atom stereocenters. The van der Waals surface area contributed by atoms with Gasteiger partial charge in [-0.05, 0) is 43.5 Å². The van der Waals surface area contributed by atoms with Gasteiger partial charge in [0.25, 0.3) is 0 Å². The molecule has 1 aliphatic carbocycles. The van der Waals surface area contributed by atoms with Gasteiger partial charge >= 0.3 is 0 Å². The molecular weight excluding hydrogens is 362 g/mol. The summed E-state index contributed by atoms with van der Waals surface area (Å²) in [4.78, 5) is 9.26. The van der Waals surface area contributed by atoms with Crippen LogP contribution in [0.2, 0.25) is 0 Å². The molecule has 3 atom stereocenters. The zero-order valence-corrected chi connectivity index (χ0v) is 16.0. The van der Waals surface area contributed by atoms with Crippen molar-refractivity contribution in [2.45, 2.75) is 37.3 Å². The predicted octanol–water partition coefficient (Wildman–Crippen LogP) is 3.36. The number of benzene rings is 1. The third-order valence-corrected chi connectivity index (χ3v) is 5.03. The minimum absolute atomic E-state index is 0. The van der Waals surface area contributed by atoms with E-state index < -0.39 is 0 Å². The maximum Gasteiger partial charge on any atom is 0.200 e. The first-order valence-corrected chi connectivity index (χ1v) is 8.98. The summed E-state index contributed by atoms with van der Waals surface area (Å²) in [6, 6.07) is 15.9. The number of hydrogen-bond donors (Lipinski definition) is 1. The number of halogens is 1. The summed E-state index contributed by atoms with van der Waals surface area (Å²) in [6.07, 6.45) is 4.64. The number of nitrogens with two attached hydrogens (primary N) is 1. The number of hydrogen-bond acceptors (Lipinski definition) is 5. The van der Waals surface area contributed by atoms with Gasteiger partial charge in [0.2, 0.25) is 0 Å². The molecule has 2 aromatic heterocycles. The molecule has 1 aromatic carbocycles. The van der Waals surface area contributed by atoms with E-state index in [1.807, 2.05) is 53.2 Å². The van der Waals surface area contributed by atoms with Gasteiger partial charge in [0.15, 0.2) is 5.82 Å². The molecule has 1 saturated carbocycles. The van der Waals surface area contributed by atoms with Gasteiger partial charge in [-0.2, -0.15) is 0 Å². The third-order valence-electron chi connectivity index (χ3n) is 5.03. The van der Waals surface area contributed by atoms with E-state index >= 15 is 0 Å². The first-order valence-electron chi connectivity index (χ1n) is 8.98. The molecule has 0 radical (unpaired) electrons. The Morgan fingerprint density at radius 1 is 1.07 bits per heavy atom. The molecule has 0 spiro atoms. The zero-order valence-electron chi connectivity index (χ0n) is 15.2. The van der Waals surface area contributed by atoms with Crippen LogP contribution in [0, 0.1) is 0 Å². The zero-order chi connectivity index (χ0) is 17.9. The van der Waals surface area contributed by atoms with Crippen LogP contribution in [0.25, 0.3) is 17.2 Å². The highest BCUT2D eigenvalue weighted by Crippen LogP contribution is 2.34. The molecule has 0 amide bonds. The third kappa shape index (κ3) is 4.03. The summed E-state index contributed by atoms with van der Waals surface area (Å²) < 4.78 is 7.44. The molecule has 0 saturated heterocycles. The maximum absolute atomic E-state index is 6.33. The molecule has 0 bridgehead atoms. The average molecular weight is 386 g/mol. The normalized spacial score (nSPS) is 22.2. The van der Waals surface area contributed by atoms with E-state index in [9.17, 15) is 0 Å². The smallest absolute Gasteiger partial charge is 0.200 e. The molecular formula is C20H24ClN5O. The van der Waals surface area contributed by atoms with E-state index in [4.69, 9.17) is 20.6 Å². The predicted molar refractivity (Wildman–Crippen MR) is 107 cm³/mol. The Morgan fingerprint density at radius 2 is 1.85 bits per heavy atom. The lowest BCUT2D eigenvalue weighted by molar-refractivity contribution is 0.0482. The van der Waals surface area contributed by atoms with Gasteiger partial charge in [-0.15, -0.1) is 17.5 Å². The van der Waals surface area contributed by atoms with Crippen molar-refractivity contribution in [1.82, 2.24) is 19.7 Å². The maximum atomic E-state index is 6.33. The van der Waals surface area contributed by atoms with Crippen LogP contribution in [0.1, 0.15) is 31.0 Å². The van der Waals surface area contributed by atoms with Crippen LogP contribution in [-0.4, -0.2) is 39.0 Å². The Labute approximate surface area is 165 Å². The SMILES string of the molecule is CO[C@@H]1CC[C@H](c2nc(-c3ccccn3)nn2-c2ccccc2)C[C@H]1N.Cl. The van der Waals surface area contributed by atoms with Crippen LogP contribution < -0.4 is 5.73 Å². The first kappa shape index (κ1) is 19.5. The lowest BCUT2D eigenvalue weighted by Gasteiger charge is -2.32. The van der Waals surface area contributed by atoms with Gasteiger partial charge in [0.1, 0.15) is 11.5 Å². The Bertz CT molecular complexity index is 855. The second-order valence-corrected chi connectivity index (χ2v) is 6.70. The van der Waals surface area contributed by atoms with E-state index in [0.717, 1.165) is 36.5 Å². The van der Waals surface area contributed by atoms with Crippen LogP contribution in [0.3, 0.4) is 0 Å². The molecule has 3 aromatic rings. The monoisotopic (exact) mass is 385 g/mol. The topological polar surface area (TPSA) is 78.9 Å². The lowest BCUT2D eigenvalue weighted by atomic mass is 9.83. The van der Waals surface area contributed by atoms with Crippen LogP contribution in [-0.2, 0) is 4.74 Å². The van der Waals surface area contributed by atoms with Gasteiger partial charge in [0.05, 0.1) is 11.8 Å². The molecule has 1 fully saturated rings. The first-order chi connectivity index (χ1) is 12.8. The van der Waals surface area contributed by atoms with E-state index in [0.29, 0.717) is 5.82 Å². The van der Waals surface area contributed by atoms with E-state index in [1.165, 1.54) is 0 Å². The summed E-state index contributed by atoms with van der Waals surface area (Å²) in [6.45, 7) is 0. The number of methoxy groups -OCH3 is 1. The van der Waals surface area contributed by atoms with E-state index in [-0.39, 0.29) is 30.5 Å². The minimum atomic E-state index is 0. The molecule has 27 heavy (non-hydrogen) atoms. The largest absolute Gasteiger partial charge is 0.380 e. The molecule has 1 aliphatic rings. The van der Waals surface area contributed by atoms with Gasteiger partial charge in [-0.3, -0.25) is 4.98 Å². The van der Waals surface area contributed by atoms with Gasteiger partial charge in [0, 0.05) is 25.3 Å². The molecule has 4 rings (SSSR count). The summed E-state index contributed by atoms with van der Waals surface area (Å²) in [7, 11) is 1.73. The quantitative estimate of drug-likeness (QED) is 0.744. The number of aromatic nitrogens is 4. The van der Waals surface area contributed by atoms with Crippen molar-refractivity contribution >= 4 is 12.4 Å². The van der Waals surface area contributed by atoms with Crippen LogP contribution >= 0.6 is 12.4 Å². The Morgan fingerprint density at radius 3 is 2.52 bits per heavy atom. The fourth-order valence-corrected chi connectivity index (χ4v) is 3.66. The Balaban J connectivity index is 0.00000210. The highest BCUT2D eigenvalue weighted by molar-refractivity contribution is 5.85. The molecule has 2 N–H and O–H groups in total. The minimum Gasteiger partial charge on any atom is -0.380 e. The second-order valence-electron chi connectivity index (χ2n) is 6.70. The summed E-state index contributed by atoms with van der Waals surface area (Å²) >= 11 is 0. The summed E-state index contributed by atoms with van der Waals surface area (Å²) in [5, 5.41) is 4.76. The fourth-order valence-electron chi connectivity index (χ4n) is 3.66. The fraction of sp³-hybridized carbons (Fsp3) is 0.350.